The van der Waals surface area contributed by atoms with Crippen molar-refractivity contribution >= 4 is 17.5 Å². The number of para-hydroxylation sites is 1. The van der Waals surface area contributed by atoms with Gasteiger partial charge in [0.25, 0.3) is 0 Å². The molecule has 1 saturated heterocycles. The SMILES string of the molecule is Cc1ccccc1CNc1nncc(N2CCN(c3ccccc3F)CC2)n1. The van der Waals surface area contributed by atoms with E-state index >= 15 is 0 Å². The van der Waals surface area contributed by atoms with Crippen LogP contribution in [0.5, 0.6) is 0 Å². The Morgan fingerprint density at radius 2 is 1.68 bits per heavy atom. The van der Waals surface area contributed by atoms with Crippen LogP contribution in [0.2, 0.25) is 0 Å². The van der Waals surface area contributed by atoms with Gasteiger partial charge < -0.3 is 15.1 Å². The van der Waals surface area contributed by atoms with Gasteiger partial charge in [0.15, 0.2) is 5.82 Å². The van der Waals surface area contributed by atoms with Gasteiger partial charge >= 0.3 is 0 Å². The summed E-state index contributed by atoms with van der Waals surface area (Å²) in [5, 5.41) is 11.4. The largest absolute Gasteiger partial charge is 0.366 e. The summed E-state index contributed by atoms with van der Waals surface area (Å²) < 4.78 is 14.0. The quantitative estimate of drug-likeness (QED) is 0.736. The standard InChI is InChI=1S/C21H23FN6/c1-16-6-2-3-7-17(16)14-23-21-25-20(15-24-26-21)28-12-10-27(11-13-28)19-9-5-4-8-18(19)22/h2-9,15H,10-14H2,1H3,(H,23,25,26). The fourth-order valence-electron chi connectivity index (χ4n) is 3.39. The van der Waals surface area contributed by atoms with Gasteiger partial charge in [-0.2, -0.15) is 10.1 Å². The number of benzene rings is 2. The van der Waals surface area contributed by atoms with E-state index in [2.05, 4.69) is 49.4 Å². The molecule has 7 heteroatoms. The molecule has 0 radical (unpaired) electrons. The van der Waals surface area contributed by atoms with Gasteiger partial charge in [-0.05, 0) is 30.2 Å². The third-order valence-electron chi connectivity index (χ3n) is 5.04. The number of nitrogens with zero attached hydrogens (tertiary/aromatic N) is 5. The van der Waals surface area contributed by atoms with Crippen LogP contribution in [0.4, 0.5) is 21.8 Å². The van der Waals surface area contributed by atoms with Crippen molar-refractivity contribution in [1.82, 2.24) is 15.2 Å². The summed E-state index contributed by atoms with van der Waals surface area (Å²) in [6.45, 7) is 5.71. The Morgan fingerprint density at radius 3 is 2.46 bits per heavy atom. The summed E-state index contributed by atoms with van der Waals surface area (Å²) in [5.74, 6) is 1.12. The minimum Gasteiger partial charge on any atom is -0.366 e. The molecule has 0 atom stereocenters. The summed E-state index contributed by atoms with van der Waals surface area (Å²) in [4.78, 5) is 8.83. The smallest absolute Gasteiger partial charge is 0.244 e. The van der Waals surface area contributed by atoms with Gasteiger partial charge in [-0.15, -0.1) is 5.10 Å². The van der Waals surface area contributed by atoms with Gasteiger partial charge in [0.2, 0.25) is 5.95 Å². The number of aromatic nitrogens is 3. The normalized spacial score (nSPS) is 14.2. The van der Waals surface area contributed by atoms with Crippen LogP contribution >= 0.6 is 0 Å². The van der Waals surface area contributed by atoms with Crippen LogP contribution in [-0.2, 0) is 6.54 Å². The van der Waals surface area contributed by atoms with E-state index in [1.54, 1.807) is 12.3 Å². The second-order valence-corrected chi connectivity index (χ2v) is 6.84. The Morgan fingerprint density at radius 1 is 0.964 bits per heavy atom. The molecular formula is C21H23FN6. The molecule has 6 nitrogen and oxygen atoms in total. The number of piperazine rings is 1. The van der Waals surface area contributed by atoms with Crippen molar-refractivity contribution in [3.05, 3.63) is 71.7 Å². The maximum Gasteiger partial charge on any atom is 0.244 e. The van der Waals surface area contributed by atoms with Crippen molar-refractivity contribution in [2.45, 2.75) is 13.5 Å². The average Bonchev–Trinajstić information content (AvgIpc) is 2.74. The lowest BCUT2D eigenvalue weighted by Crippen LogP contribution is -2.47. The van der Waals surface area contributed by atoms with Gasteiger partial charge in [0, 0.05) is 32.7 Å². The highest BCUT2D eigenvalue weighted by Crippen LogP contribution is 2.22. The van der Waals surface area contributed by atoms with Crippen LogP contribution in [0.25, 0.3) is 0 Å². The summed E-state index contributed by atoms with van der Waals surface area (Å²) >= 11 is 0. The highest BCUT2D eigenvalue weighted by Gasteiger charge is 2.20. The predicted octanol–water partition coefficient (Wildman–Crippen LogP) is 3.26. The first-order chi connectivity index (χ1) is 13.7. The molecule has 0 bridgehead atoms. The lowest BCUT2D eigenvalue weighted by Gasteiger charge is -2.36. The minimum absolute atomic E-state index is 0.178. The monoisotopic (exact) mass is 378 g/mol. The van der Waals surface area contributed by atoms with Crippen molar-refractivity contribution in [3.63, 3.8) is 0 Å². The molecule has 1 N–H and O–H groups in total. The van der Waals surface area contributed by atoms with Crippen LogP contribution in [0.3, 0.4) is 0 Å². The Balaban J connectivity index is 1.39. The Labute approximate surface area is 164 Å². The summed E-state index contributed by atoms with van der Waals surface area (Å²) in [7, 11) is 0. The highest BCUT2D eigenvalue weighted by molar-refractivity contribution is 5.50. The average molecular weight is 378 g/mol. The molecule has 4 rings (SSSR count). The van der Waals surface area contributed by atoms with E-state index in [1.165, 1.54) is 17.2 Å². The second-order valence-electron chi connectivity index (χ2n) is 6.84. The zero-order valence-electron chi connectivity index (χ0n) is 15.8. The molecule has 0 spiro atoms. The maximum absolute atomic E-state index is 14.0. The summed E-state index contributed by atoms with van der Waals surface area (Å²) in [6.07, 6.45) is 1.68. The number of aryl methyl sites for hydroxylation is 1. The molecule has 3 aromatic rings. The van der Waals surface area contributed by atoms with Crippen LogP contribution in [0, 0.1) is 12.7 Å². The van der Waals surface area contributed by atoms with Gasteiger partial charge in [-0.25, -0.2) is 4.39 Å². The third kappa shape index (κ3) is 4.03. The molecule has 2 heterocycles. The molecule has 2 aromatic carbocycles. The lowest BCUT2D eigenvalue weighted by atomic mass is 10.1. The maximum atomic E-state index is 14.0. The molecule has 1 aliphatic rings. The molecule has 1 aliphatic heterocycles. The number of halogens is 1. The van der Waals surface area contributed by atoms with E-state index in [4.69, 9.17) is 0 Å². The second kappa shape index (κ2) is 8.21. The van der Waals surface area contributed by atoms with Crippen molar-refractivity contribution in [3.8, 4) is 0 Å². The highest BCUT2D eigenvalue weighted by atomic mass is 19.1. The molecule has 144 valence electrons. The van der Waals surface area contributed by atoms with E-state index < -0.39 is 0 Å². The van der Waals surface area contributed by atoms with Gasteiger partial charge in [0.1, 0.15) is 5.82 Å². The lowest BCUT2D eigenvalue weighted by molar-refractivity contribution is 0.595. The van der Waals surface area contributed by atoms with E-state index in [-0.39, 0.29) is 5.82 Å². The molecule has 28 heavy (non-hydrogen) atoms. The van der Waals surface area contributed by atoms with Crippen molar-refractivity contribution in [2.24, 2.45) is 0 Å². The van der Waals surface area contributed by atoms with Crippen LogP contribution < -0.4 is 15.1 Å². The third-order valence-corrected chi connectivity index (χ3v) is 5.04. The van der Waals surface area contributed by atoms with E-state index in [9.17, 15) is 4.39 Å². The molecular weight excluding hydrogens is 355 g/mol. The Bertz CT molecular complexity index is 939. The summed E-state index contributed by atoms with van der Waals surface area (Å²) in [6, 6.07) is 15.1. The Hall–Kier alpha value is -3.22. The van der Waals surface area contributed by atoms with Crippen LogP contribution in [0.15, 0.2) is 54.7 Å². The van der Waals surface area contributed by atoms with E-state index in [0.717, 1.165) is 32.0 Å². The molecule has 0 aliphatic carbocycles. The first kappa shape index (κ1) is 18.2. The van der Waals surface area contributed by atoms with Gasteiger partial charge in [-0.3, -0.25) is 0 Å². The summed E-state index contributed by atoms with van der Waals surface area (Å²) in [5.41, 5.74) is 3.09. The van der Waals surface area contributed by atoms with Gasteiger partial charge in [0.05, 0.1) is 11.9 Å². The molecule has 0 amide bonds. The van der Waals surface area contributed by atoms with Crippen LogP contribution in [-0.4, -0.2) is 41.4 Å². The topological polar surface area (TPSA) is 57.2 Å². The fraction of sp³-hybridized carbons (Fsp3) is 0.286. The number of hydrogen-bond donors (Lipinski definition) is 1. The molecule has 0 unspecified atom stereocenters. The number of rotatable bonds is 5. The first-order valence-corrected chi connectivity index (χ1v) is 9.43. The van der Waals surface area contributed by atoms with Gasteiger partial charge in [-0.1, -0.05) is 36.4 Å². The van der Waals surface area contributed by atoms with Crippen molar-refractivity contribution < 1.29 is 4.39 Å². The van der Waals surface area contributed by atoms with E-state index in [1.807, 2.05) is 24.3 Å². The zero-order chi connectivity index (χ0) is 19.3. The fourth-order valence-corrected chi connectivity index (χ4v) is 3.39. The number of nitrogens with one attached hydrogen (secondary N) is 1. The minimum atomic E-state index is -0.178. The van der Waals surface area contributed by atoms with Crippen molar-refractivity contribution in [2.75, 3.05) is 41.3 Å². The Kier molecular flexibility index (Phi) is 5.32. The first-order valence-electron chi connectivity index (χ1n) is 9.43. The number of anilines is 3. The van der Waals surface area contributed by atoms with E-state index in [0.29, 0.717) is 18.2 Å². The molecule has 0 saturated carbocycles. The molecule has 1 fully saturated rings. The molecule has 1 aromatic heterocycles. The predicted molar refractivity (Wildman–Crippen MR) is 109 cm³/mol. The van der Waals surface area contributed by atoms with Crippen molar-refractivity contribution in [1.29, 1.82) is 0 Å². The van der Waals surface area contributed by atoms with Crippen LogP contribution in [0.1, 0.15) is 11.1 Å². The zero-order valence-corrected chi connectivity index (χ0v) is 15.8. The number of hydrogen-bond acceptors (Lipinski definition) is 6.